The Morgan fingerprint density at radius 3 is 2.78 bits per heavy atom. The maximum atomic E-state index is 11.9. The van der Waals surface area contributed by atoms with Crippen molar-refractivity contribution >= 4 is 17.5 Å². The Morgan fingerprint density at radius 2 is 2.04 bits per heavy atom. The monoisotopic (exact) mass is 318 g/mol. The van der Waals surface area contributed by atoms with E-state index in [-0.39, 0.29) is 24.5 Å². The van der Waals surface area contributed by atoms with E-state index >= 15 is 0 Å². The Kier molecular flexibility index (Phi) is 6.59. The van der Waals surface area contributed by atoms with Gasteiger partial charge in [-0.2, -0.15) is 0 Å². The average molecular weight is 318 g/mol. The number of hydrogen-bond donors (Lipinski definition) is 2. The van der Waals surface area contributed by atoms with Crippen molar-refractivity contribution in [2.24, 2.45) is 5.92 Å². The van der Waals surface area contributed by atoms with Crippen molar-refractivity contribution in [1.82, 2.24) is 5.32 Å². The molecule has 2 amide bonds. The van der Waals surface area contributed by atoms with E-state index in [1.807, 2.05) is 24.3 Å². The number of benzene rings is 1. The first-order valence-electron chi connectivity index (χ1n) is 8.29. The number of rotatable bonds is 6. The molecule has 1 aliphatic carbocycles. The van der Waals surface area contributed by atoms with Crippen molar-refractivity contribution in [2.45, 2.75) is 52.2 Å². The predicted octanol–water partition coefficient (Wildman–Crippen LogP) is 2.86. The fourth-order valence-corrected chi connectivity index (χ4v) is 2.93. The zero-order valence-electron chi connectivity index (χ0n) is 13.9. The summed E-state index contributed by atoms with van der Waals surface area (Å²) in [4.78, 5) is 23.0. The summed E-state index contributed by atoms with van der Waals surface area (Å²) in [5, 5.41) is 5.59. The third kappa shape index (κ3) is 6.02. The van der Waals surface area contributed by atoms with Gasteiger partial charge in [0, 0.05) is 19.2 Å². The van der Waals surface area contributed by atoms with E-state index in [2.05, 4.69) is 17.6 Å². The summed E-state index contributed by atoms with van der Waals surface area (Å²) >= 11 is 0. The van der Waals surface area contributed by atoms with Crippen LogP contribution in [0.4, 0.5) is 5.69 Å². The molecule has 0 radical (unpaired) electrons. The third-order valence-corrected chi connectivity index (χ3v) is 4.20. The van der Waals surface area contributed by atoms with Crippen molar-refractivity contribution in [3.05, 3.63) is 29.8 Å². The Hall–Kier alpha value is -1.88. The first-order chi connectivity index (χ1) is 11.0. The number of carbonyl (C=O) groups excluding carboxylic acids is 2. The van der Waals surface area contributed by atoms with Crippen LogP contribution >= 0.6 is 0 Å². The molecule has 5 heteroatoms. The molecule has 0 aliphatic heterocycles. The molecule has 1 fully saturated rings. The van der Waals surface area contributed by atoms with Crippen molar-refractivity contribution in [3.63, 3.8) is 0 Å². The first kappa shape index (κ1) is 17.5. The van der Waals surface area contributed by atoms with Gasteiger partial charge < -0.3 is 15.4 Å². The van der Waals surface area contributed by atoms with Crippen LogP contribution in [0, 0.1) is 5.92 Å². The van der Waals surface area contributed by atoms with Crippen LogP contribution in [0.15, 0.2) is 24.3 Å². The Balaban J connectivity index is 1.74. The lowest BCUT2D eigenvalue weighted by molar-refractivity contribution is -0.129. The highest BCUT2D eigenvalue weighted by Crippen LogP contribution is 2.26. The molecule has 0 unspecified atom stereocenters. The highest BCUT2D eigenvalue weighted by molar-refractivity contribution is 5.88. The van der Waals surface area contributed by atoms with Gasteiger partial charge in [0.05, 0.1) is 6.10 Å². The van der Waals surface area contributed by atoms with E-state index in [0.717, 1.165) is 17.7 Å². The van der Waals surface area contributed by atoms with E-state index < -0.39 is 0 Å². The number of carbonyl (C=O) groups is 2. The van der Waals surface area contributed by atoms with Crippen LogP contribution in [0.1, 0.15) is 45.1 Å². The maximum Gasteiger partial charge on any atom is 0.246 e. The molecule has 2 N–H and O–H groups in total. The SMILES string of the molecule is CC(=O)Nc1cccc(CNC(=O)CO[C@H]2CCCC[C@H]2C)c1. The van der Waals surface area contributed by atoms with E-state index in [9.17, 15) is 9.59 Å². The molecule has 0 heterocycles. The van der Waals surface area contributed by atoms with Crippen molar-refractivity contribution < 1.29 is 14.3 Å². The van der Waals surface area contributed by atoms with Crippen molar-refractivity contribution in [2.75, 3.05) is 11.9 Å². The number of anilines is 1. The Labute approximate surface area is 137 Å². The quantitative estimate of drug-likeness (QED) is 0.847. The normalized spacial score (nSPS) is 20.8. The van der Waals surface area contributed by atoms with Crippen LogP contribution in [-0.2, 0) is 20.9 Å². The average Bonchev–Trinajstić information content (AvgIpc) is 2.52. The zero-order chi connectivity index (χ0) is 16.7. The Morgan fingerprint density at radius 1 is 1.26 bits per heavy atom. The third-order valence-electron chi connectivity index (χ3n) is 4.20. The second kappa shape index (κ2) is 8.67. The van der Waals surface area contributed by atoms with Gasteiger partial charge in [-0.05, 0) is 36.5 Å². The molecule has 0 saturated heterocycles. The van der Waals surface area contributed by atoms with Gasteiger partial charge in [-0.15, -0.1) is 0 Å². The van der Waals surface area contributed by atoms with Gasteiger partial charge in [0.15, 0.2) is 0 Å². The van der Waals surface area contributed by atoms with E-state index in [0.29, 0.717) is 12.5 Å². The molecule has 1 aliphatic rings. The van der Waals surface area contributed by atoms with Crippen LogP contribution in [0.3, 0.4) is 0 Å². The second-order valence-corrected chi connectivity index (χ2v) is 6.27. The van der Waals surface area contributed by atoms with E-state index in [1.54, 1.807) is 0 Å². The van der Waals surface area contributed by atoms with Crippen LogP contribution in [0.5, 0.6) is 0 Å². The molecule has 2 atom stereocenters. The minimum Gasteiger partial charge on any atom is -0.368 e. The zero-order valence-corrected chi connectivity index (χ0v) is 13.9. The fourth-order valence-electron chi connectivity index (χ4n) is 2.93. The van der Waals surface area contributed by atoms with Gasteiger partial charge >= 0.3 is 0 Å². The molecular weight excluding hydrogens is 292 g/mol. The summed E-state index contributed by atoms with van der Waals surface area (Å²) in [7, 11) is 0. The maximum absolute atomic E-state index is 11.9. The summed E-state index contributed by atoms with van der Waals surface area (Å²) in [6.07, 6.45) is 4.89. The molecule has 1 aromatic rings. The largest absolute Gasteiger partial charge is 0.368 e. The molecule has 0 aromatic heterocycles. The molecular formula is C18H26N2O3. The molecule has 23 heavy (non-hydrogen) atoms. The number of hydrogen-bond acceptors (Lipinski definition) is 3. The van der Waals surface area contributed by atoms with Gasteiger partial charge in [0.25, 0.3) is 0 Å². The topological polar surface area (TPSA) is 67.4 Å². The van der Waals surface area contributed by atoms with Crippen molar-refractivity contribution in [3.8, 4) is 0 Å². The van der Waals surface area contributed by atoms with E-state index in [4.69, 9.17) is 4.74 Å². The summed E-state index contributed by atoms with van der Waals surface area (Å²) < 4.78 is 5.75. The molecule has 1 saturated carbocycles. The van der Waals surface area contributed by atoms with E-state index in [1.165, 1.54) is 26.2 Å². The lowest BCUT2D eigenvalue weighted by Gasteiger charge is -2.28. The second-order valence-electron chi connectivity index (χ2n) is 6.27. The molecule has 0 spiro atoms. The number of nitrogens with one attached hydrogen (secondary N) is 2. The van der Waals surface area contributed by atoms with Crippen LogP contribution in [0.25, 0.3) is 0 Å². The minimum atomic E-state index is -0.110. The Bertz CT molecular complexity index is 545. The van der Waals surface area contributed by atoms with Gasteiger partial charge in [-0.1, -0.05) is 31.9 Å². The molecule has 0 bridgehead atoms. The van der Waals surface area contributed by atoms with Crippen LogP contribution < -0.4 is 10.6 Å². The standard InChI is InChI=1S/C18H26N2O3/c1-13-6-3-4-9-17(13)23-12-18(22)19-11-15-7-5-8-16(10-15)20-14(2)21/h5,7-8,10,13,17H,3-4,6,9,11-12H2,1-2H3,(H,19,22)(H,20,21)/t13-,17+/m1/s1. The van der Waals surface area contributed by atoms with Gasteiger partial charge in [-0.3, -0.25) is 9.59 Å². The number of ether oxygens (including phenoxy) is 1. The predicted molar refractivity (Wildman–Crippen MR) is 90.0 cm³/mol. The van der Waals surface area contributed by atoms with Crippen LogP contribution in [0.2, 0.25) is 0 Å². The lowest BCUT2D eigenvalue weighted by atomic mass is 9.88. The smallest absolute Gasteiger partial charge is 0.246 e. The van der Waals surface area contributed by atoms with Crippen molar-refractivity contribution in [1.29, 1.82) is 0 Å². The summed E-state index contributed by atoms with van der Waals surface area (Å²) in [6.45, 7) is 4.20. The van der Waals surface area contributed by atoms with Gasteiger partial charge in [0.2, 0.25) is 11.8 Å². The highest BCUT2D eigenvalue weighted by Gasteiger charge is 2.22. The fraction of sp³-hybridized carbons (Fsp3) is 0.556. The first-order valence-corrected chi connectivity index (χ1v) is 8.29. The van der Waals surface area contributed by atoms with Crippen LogP contribution in [-0.4, -0.2) is 24.5 Å². The lowest BCUT2D eigenvalue weighted by Crippen LogP contribution is -2.32. The summed E-state index contributed by atoms with van der Waals surface area (Å²) in [6, 6.07) is 7.44. The van der Waals surface area contributed by atoms with Gasteiger partial charge in [0.1, 0.15) is 6.61 Å². The molecule has 1 aromatic carbocycles. The molecule has 5 nitrogen and oxygen atoms in total. The molecule has 2 rings (SSSR count). The summed E-state index contributed by atoms with van der Waals surface area (Å²) in [5.41, 5.74) is 1.67. The summed E-state index contributed by atoms with van der Waals surface area (Å²) in [5.74, 6) is 0.319. The number of amides is 2. The highest BCUT2D eigenvalue weighted by atomic mass is 16.5. The molecule has 126 valence electrons. The minimum absolute atomic E-state index is 0.104. The van der Waals surface area contributed by atoms with Gasteiger partial charge in [-0.25, -0.2) is 0 Å².